The highest BCUT2D eigenvalue weighted by atomic mass is 32.1. The van der Waals surface area contributed by atoms with Gasteiger partial charge >= 0.3 is 0 Å². The quantitative estimate of drug-likeness (QED) is 0.172. The van der Waals surface area contributed by atoms with E-state index in [0.29, 0.717) is 54.2 Å². The normalized spacial score (nSPS) is 17.8. The van der Waals surface area contributed by atoms with Crippen molar-refractivity contribution in [3.05, 3.63) is 100.0 Å². The van der Waals surface area contributed by atoms with Gasteiger partial charge in [0.15, 0.2) is 11.6 Å². The maximum Gasteiger partial charge on any atom is 0.257 e. The van der Waals surface area contributed by atoms with Gasteiger partial charge in [0.05, 0.1) is 47.1 Å². The van der Waals surface area contributed by atoms with Crippen molar-refractivity contribution in [3.63, 3.8) is 0 Å². The predicted molar refractivity (Wildman–Crippen MR) is 183 cm³/mol. The van der Waals surface area contributed by atoms with Gasteiger partial charge in [-0.05, 0) is 73.9 Å². The Bertz CT molecular complexity index is 2320. The lowest BCUT2D eigenvalue weighted by Crippen LogP contribution is -2.22. The van der Waals surface area contributed by atoms with Crippen LogP contribution in [0.15, 0.2) is 53.2 Å². The summed E-state index contributed by atoms with van der Waals surface area (Å²) >= 11 is 1.46. The Morgan fingerprint density at radius 1 is 1.04 bits per heavy atom. The number of thiophene rings is 1. The van der Waals surface area contributed by atoms with Crippen LogP contribution in [0.4, 0.5) is 14.6 Å². The number of aryl methyl sites for hydroxylation is 3. The number of pyridine rings is 1. The molecule has 3 aliphatic rings. The lowest BCUT2D eigenvalue weighted by atomic mass is 9.93. The molecule has 9 rings (SSSR count). The number of ether oxygens (including phenoxy) is 1. The highest BCUT2D eigenvalue weighted by Gasteiger charge is 2.45. The molecule has 6 heterocycles. The molecule has 252 valence electrons. The van der Waals surface area contributed by atoms with Crippen LogP contribution in [0.25, 0.3) is 32.1 Å². The van der Waals surface area contributed by atoms with Crippen LogP contribution < -0.4 is 10.1 Å². The van der Waals surface area contributed by atoms with Gasteiger partial charge in [0, 0.05) is 29.5 Å². The molecule has 0 spiro atoms. The van der Waals surface area contributed by atoms with Crippen LogP contribution in [0, 0.1) is 18.6 Å². The van der Waals surface area contributed by atoms with Crippen molar-refractivity contribution in [1.29, 1.82) is 0 Å². The van der Waals surface area contributed by atoms with Gasteiger partial charge in [0.25, 0.3) is 5.91 Å². The summed E-state index contributed by atoms with van der Waals surface area (Å²) in [4.78, 5) is 32.1. The largest absolute Gasteiger partial charge is 0.493 e. The Morgan fingerprint density at radius 3 is 2.70 bits per heavy atom. The highest BCUT2D eigenvalue weighted by Crippen LogP contribution is 2.50. The zero-order chi connectivity index (χ0) is 34.1. The molecule has 4 aromatic heterocycles. The molecule has 0 saturated carbocycles. The molecular weight excluding hydrogens is 661 g/mol. The molecule has 1 aliphatic carbocycles. The van der Waals surface area contributed by atoms with Crippen molar-refractivity contribution in [2.24, 2.45) is 0 Å². The summed E-state index contributed by atoms with van der Waals surface area (Å²) in [5.41, 5.74) is 6.17. The Labute approximate surface area is 289 Å². The molecule has 2 atom stereocenters. The Kier molecular flexibility index (Phi) is 7.34. The summed E-state index contributed by atoms with van der Waals surface area (Å²) < 4.78 is 39.7. The molecule has 13 heteroatoms. The fourth-order valence-corrected chi connectivity index (χ4v) is 8.85. The van der Waals surface area contributed by atoms with Crippen molar-refractivity contribution in [3.8, 4) is 27.6 Å². The molecule has 2 aliphatic heterocycles. The number of carbonyl (C=O) groups excluding carboxylic acids is 1. The van der Waals surface area contributed by atoms with Crippen molar-refractivity contribution >= 4 is 33.3 Å². The average Bonchev–Trinajstić information content (AvgIpc) is 3.96. The summed E-state index contributed by atoms with van der Waals surface area (Å²) in [7, 11) is 1.49. The number of hydrogen-bond acceptors (Lipinski definition) is 10. The molecule has 0 unspecified atom stereocenters. The van der Waals surface area contributed by atoms with E-state index < -0.39 is 0 Å². The predicted octanol–water partition coefficient (Wildman–Crippen LogP) is 7.57. The van der Waals surface area contributed by atoms with Gasteiger partial charge in [-0.25, -0.2) is 18.7 Å². The molecule has 1 N–H and O–H groups in total. The first kappa shape index (κ1) is 30.7. The molecule has 50 heavy (non-hydrogen) atoms. The molecule has 6 aromatic rings. The van der Waals surface area contributed by atoms with E-state index in [-0.39, 0.29) is 41.3 Å². The Balaban J connectivity index is 1.20. The summed E-state index contributed by atoms with van der Waals surface area (Å²) in [6.45, 7) is 2.40. The van der Waals surface area contributed by atoms with Crippen LogP contribution >= 0.6 is 11.3 Å². The van der Waals surface area contributed by atoms with Crippen LogP contribution in [-0.2, 0) is 19.3 Å². The SMILES string of the molecule is COc1c(F)ccc2c1CC[C@@H]2Nc1ncnc2sc(-c3c4c(nc(CCc5ccc(F)cc5)c3-c3nnc(C)o3)[C@H]3CCCN3C4=O)cc12. The number of benzene rings is 2. The van der Waals surface area contributed by atoms with E-state index in [0.717, 1.165) is 62.4 Å². The number of nitrogens with zero attached hydrogens (tertiary/aromatic N) is 6. The first-order valence-electron chi connectivity index (χ1n) is 16.7. The maximum atomic E-state index is 14.5. The number of rotatable bonds is 8. The van der Waals surface area contributed by atoms with Crippen LogP contribution in [0.2, 0.25) is 0 Å². The number of hydrogen-bond donors (Lipinski definition) is 1. The van der Waals surface area contributed by atoms with Crippen LogP contribution in [0.3, 0.4) is 0 Å². The number of aromatic nitrogens is 5. The molecular formula is C37H31F2N7O3S. The van der Waals surface area contributed by atoms with Crippen molar-refractivity contribution in [2.75, 3.05) is 19.0 Å². The molecule has 1 amide bonds. The molecule has 0 bridgehead atoms. The second-order valence-corrected chi connectivity index (χ2v) is 13.9. The minimum Gasteiger partial charge on any atom is -0.493 e. The minimum absolute atomic E-state index is 0.0572. The van der Waals surface area contributed by atoms with E-state index >= 15 is 0 Å². The second kappa shape index (κ2) is 11.9. The van der Waals surface area contributed by atoms with E-state index in [9.17, 15) is 13.6 Å². The van der Waals surface area contributed by atoms with Gasteiger partial charge in [-0.15, -0.1) is 21.5 Å². The van der Waals surface area contributed by atoms with E-state index in [2.05, 4.69) is 25.5 Å². The summed E-state index contributed by atoms with van der Waals surface area (Å²) in [5, 5.41) is 13.0. The third kappa shape index (κ3) is 4.93. The number of anilines is 1. The number of nitrogens with one attached hydrogen (secondary N) is 1. The van der Waals surface area contributed by atoms with Gasteiger partial charge in [-0.3, -0.25) is 9.78 Å². The van der Waals surface area contributed by atoms with E-state index in [4.69, 9.17) is 14.1 Å². The van der Waals surface area contributed by atoms with Crippen LogP contribution in [0.5, 0.6) is 5.75 Å². The van der Waals surface area contributed by atoms with Gasteiger partial charge in [0.1, 0.15) is 22.8 Å². The Morgan fingerprint density at radius 2 is 1.90 bits per heavy atom. The number of halogens is 2. The summed E-state index contributed by atoms with van der Waals surface area (Å²) in [6, 6.07) is 11.5. The first-order chi connectivity index (χ1) is 24.4. The average molecular weight is 692 g/mol. The van der Waals surface area contributed by atoms with E-state index in [1.807, 2.05) is 11.0 Å². The third-order valence-electron chi connectivity index (χ3n) is 10.0. The molecule has 1 saturated heterocycles. The standard InChI is InChI=1S/C37H31F2N7O3S/c1-18-44-45-35(49-18)29-26(13-7-19-5-8-20(38)9-6-19)42-32-27-4-3-15-46(27)37(47)31(32)30(29)28-16-23-34(40-17-41-36(23)50-28)43-25-14-11-22-21(25)10-12-24(39)33(22)48-2/h5-6,8-10,12,16-17,25,27H,3-4,7,11,13-15H2,1-2H3,(H,40,41,43)/t25-,27+/m0/s1. The first-order valence-corrected chi connectivity index (χ1v) is 17.5. The fourth-order valence-electron chi connectivity index (χ4n) is 7.79. The number of carbonyl (C=O) groups is 1. The van der Waals surface area contributed by atoms with Crippen molar-refractivity contribution in [1.82, 2.24) is 30.0 Å². The molecule has 1 fully saturated rings. The third-order valence-corrected chi connectivity index (χ3v) is 11.1. The van der Waals surface area contributed by atoms with Gasteiger partial charge < -0.3 is 19.4 Å². The Hall–Kier alpha value is -5.30. The van der Waals surface area contributed by atoms with E-state index in [1.54, 1.807) is 25.1 Å². The number of fused-ring (bicyclic) bond motifs is 5. The van der Waals surface area contributed by atoms with Crippen LogP contribution in [-0.4, -0.2) is 49.6 Å². The maximum absolute atomic E-state index is 14.5. The molecule has 10 nitrogen and oxygen atoms in total. The van der Waals surface area contributed by atoms with Gasteiger partial charge in [0.2, 0.25) is 11.8 Å². The van der Waals surface area contributed by atoms with Crippen molar-refractivity contribution in [2.45, 2.75) is 57.5 Å². The van der Waals surface area contributed by atoms with E-state index in [1.165, 1.54) is 43.0 Å². The van der Waals surface area contributed by atoms with Crippen LogP contribution in [0.1, 0.15) is 75.7 Å². The van der Waals surface area contributed by atoms with Crippen molar-refractivity contribution < 1.29 is 22.7 Å². The second-order valence-electron chi connectivity index (χ2n) is 12.9. The lowest BCUT2D eigenvalue weighted by molar-refractivity contribution is 0.0776. The number of methoxy groups -OCH3 is 1. The topological polar surface area (TPSA) is 119 Å². The zero-order valence-electron chi connectivity index (χ0n) is 27.3. The smallest absolute Gasteiger partial charge is 0.257 e. The lowest BCUT2D eigenvalue weighted by Gasteiger charge is -2.16. The monoisotopic (exact) mass is 691 g/mol. The number of amides is 1. The minimum atomic E-state index is -0.372. The molecule has 2 aromatic carbocycles. The fraction of sp³-hybridized carbons (Fsp3) is 0.297. The zero-order valence-corrected chi connectivity index (χ0v) is 28.1. The van der Waals surface area contributed by atoms with Gasteiger partial charge in [-0.2, -0.15) is 0 Å². The van der Waals surface area contributed by atoms with Gasteiger partial charge in [-0.1, -0.05) is 18.2 Å². The summed E-state index contributed by atoms with van der Waals surface area (Å²) in [5.74, 6) is 0.885. The highest BCUT2D eigenvalue weighted by molar-refractivity contribution is 7.22. The molecule has 0 radical (unpaired) electrons. The summed E-state index contributed by atoms with van der Waals surface area (Å²) in [6.07, 6.45) is 5.81.